The molecule has 2 atom stereocenters. The maximum absolute atomic E-state index is 14.7. The summed E-state index contributed by atoms with van der Waals surface area (Å²) in [5.41, 5.74) is -0.551. The minimum absolute atomic E-state index is 0.196. The molecular formula is C14H17FO2. The number of hydrogen-bond donors (Lipinski definition) is 0. The van der Waals surface area contributed by atoms with Gasteiger partial charge in [-0.05, 0) is 25.3 Å². The third kappa shape index (κ3) is 2.06. The molecule has 1 aliphatic carbocycles. The second-order valence-corrected chi connectivity index (χ2v) is 4.58. The molecule has 0 fully saturated rings. The van der Waals surface area contributed by atoms with Gasteiger partial charge < -0.3 is 4.74 Å². The van der Waals surface area contributed by atoms with E-state index in [0.29, 0.717) is 18.4 Å². The summed E-state index contributed by atoms with van der Waals surface area (Å²) in [6.45, 7) is 3.69. The van der Waals surface area contributed by atoms with Crippen molar-refractivity contribution in [2.75, 3.05) is 0 Å². The minimum atomic E-state index is -1.94. The highest BCUT2D eigenvalue weighted by Gasteiger charge is 2.47. The van der Waals surface area contributed by atoms with E-state index in [2.05, 4.69) is 0 Å². The molecule has 1 aromatic rings. The van der Waals surface area contributed by atoms with Crippen molar-refractivity contribution >= 4 is 5.97 Å². The monoisotopic (exact) mass is 236 g/mol. The number of benzene rings is 1. The van der Waals surface area contributed by atoms with Gasteiger partial charge in [-0.2, -0.15) is 0 Å². The molecule has 1 aromatic carbocycles. The summed E-state index contributed by atoms with van der Waals surface area (Å²) in [7, 11) is 0. The molecule has 0 N–H and O–H groups in total. The van der Waals surface area contributed by atoms with Gasteiger partial charge in [-0.25, -0.2) is 9.18 Å². The Bertz CT molecular complexity index is 430. The normalized spacial score (nSPS) is 24.2. The van der Waals surface area contributed by atoms with Gasteiger partial charge >= 0.3 is 5.97 Å². The molecule has 0 saturated heterocycles. The second kappa shape index (κ2) is 4.47. The molecule has 0 saturated carbocycles. The second-order valence-electron chi connectivity index (χ2n) is 4.58. The summed E-state index contributed by atoms with van der Waals surface area (Å²) in [6, 6.07) is 7.17. The summed E-state index contributed by atoms with van der Waals surface area (Å²) in [6.07, 6.45) is 1.26. The van der Waals surface area contributed by atoms with Crippen LogP contribution in [0.15, 0.2) is 24.3 Å². The topological polar surface area (TPSA) is 26.3 Å². The van der Waals surface area contributed by atoms with Gasteiger partial charge in [0.15, 0.2) is 0 Å². The van der Waals surface area contributed by atoms with E-state index in [9.17, 15) is 9.18 Å². The smallest absolute Gasteiger partial charge is 0.348 e. The Morgan fingerprint density at radius 3 is 2.94 bits per heavy atom. The number of halogens is 1. The van der Waals surface area contributed by atoms with Crippen molar-refractivity contribution < 1.29 is 13.9 Å². The van der Waals surface area contributed by atoms with Crippen LogP contribution in [0, 0.1) is 0 Å². The Hall–Kier alpha value is -1.38. The number of carbonyl (C=O) groups is 1. The lowest BCUT2D eigenvalue weighted by Gasteiger charge is -2.21. The Balaban J connectivity index is 2.24. The van der Waals surface area contributed by atoms with Gasteiger partial charge in [0.2, 0.25) is 5.67 Å². The van der Waals surface area contributed by atoms with E-state index >= 15 is 0 Å². The van der Waals surface area contributed by atoms with Crippen LogP contribution in [0.4, 0.5) is 4.39 Å². The van der Waals surface area contributed by atoms with Gasteiger partial charge in [0.25, 0.3) is 0 Å². The van der Waals surface area contributed by atoms with E-state index in [-0.39, 0.29) is 12.5 Å². The third-order valence-electron chi connectivity index (χ3n) is 3.39. The molecule has 0 aliphatic heterocycles. The molecule has 2 rings (SSSR count). The molecule has 2 nitrogen and oxygen atoms in total. The number of rotatable bonds is 3. The van der Waals surface area contributed by atoms with E-state index in [1.807, 2.05) is 19.1 Å². The number of carbonyl (C=O) groups excluding carboxylic acids is 1. The predicted molar refractivity (Wildman–Crippen MR) is 63.4 cm³/mol. The van der Waals surface area contributed by atoms with E-state index in [0.717, 1.165) is 5.56 Å². The zero-order valence-electron chi connectivity index (χ0n) is 10.2. The largest absolute Gasteiger partial charge is 0.460 e. The first-order chi connectivity index (χ1) is 8.08. The number of aryl methyl sites for hydroxylation is 1. The number of fused-ring (bicyclic) bond motifs is 1. The molecule has 1 unspecified atom stereocenters. The fourth-order valence-corrected chi connectivity index (χ4v) is 2.14. The molecule has 3 heteroatoms. The van der Waals surface area contributed by atoms with Crippen LogP contribution in [0.5, 0.6) is 0 Å². The van der Waals surface area contributed by atoms with Crippen LogP contribution in [0.1, 0.15) is 37.8 Å². The van der Waals surface area contributed by atoms with Crippen molar-refractivity contribution in [1.29, 1.82) is 0 Å². The van der Waals surface area contributed by atoms with Gasteiger partial charge in [0.1, 0.15) is 0 Å². The average Bonchev–Trinajstić information content (AvgIpc) is 2.69. The SMILES string of the molecule is CC[C@@H](C)OC(=O)C1(F)CCc2ccccc21. The average molecular weight is 236 g/mol. The highest BCUT2D eigenvalue weighted by molar-refractivity contribution is 5.83. The minimum Gasteiger partial charge on any atom is -0.460 e. The molecule has 0 radical (unpaired) electrons. The molecule has 1 aliphatic rings. The predicted octanol–water partition coefficient (Wildman–Crippen LogP) is 3.14. The zero-order valence-corrected chi connectivity index (χ0v) is 10.2. The number of esters is 1. The Morgan fingerprint density at radius 1 is 1.53 bits per heavy atom. The van der Waals surface area contributed by atoms with Crippen LogP contribution in [0.3, 0.4) is 0 Å². The lowest BCUT2D eigenvalue weighted by atomic mass is 9.98. The molecule has 0 aromatic heterocycles. The van der Waals surface area contributed by atoms with E-state index in [4.69, 9.17) is 4.74 Å². The first-order valence-corrected chi connectivity index (χ1v) is 6.06. The highest BCUT2D eigenvalue weighted by Crippen LogP contribution is 2.41. The maximum Gasteiger partial charge on any atom is 0.348 e. The van der Waals surface area contributed by atoms with Gasteiger partial charge in [-0.15, -0.1) is 0 Å². The highest BCUT2D eigenvalue weighted by atomic mass is 19.1. The van der Waals surface area contributed by atoms with Gasteiger partial charge in [-0.3, -0.25) is 0 Å². The first-order valence-electron chi connectivity index (χ1n) is 6.06. The van der Waals surface area contributed by atoms with Crippen LogP contribution < -0.4 is 0 Å². The summed E-state index contributed by atoms with van der Waals surface area (Å²) >= 11 is 0. The van der Waals surface area contributed by atoms with E-state index in [1.54, 1.807) is 19.1 Å². The Kier molecular flexibility index (Phi) is 3.18. The standard InChI is InChI=1S/C14H17FO2/c1-3-10(2)17-13(16)14(15)9-8-11-6-4-5-7-12(11)14/h4-7,10H,3,8-9H2,1-2H3/t10-,14?/m1/s1. The molecule has 0 spiro atoms. The van der Waals surface area contributed by atoms with Crippen LogP contribution in [-0.2, 0) is 21.6 Å². The Morgan fingerprint density at radius 2 is 2.24 bits per heavy atom. The summed E-state index contributed by atoms with van der Waals surface area (Å²) in [5.74, 6) is -0.739. The fourth-order valence-electron chi connectivity index (χ4n) is 2.14. The summed E-state index contributed by atoms with van der Waals surface area (Å²) < 4.78 is 19.9. The number of alkyl halides is 1. The van der Waals surface area contributed by atoms with Crippen molar-refractivity contribution in [2.24, 2.45) is 0 Å². The van der Waals surface area contributed by atoms with Crippen molar-refractivity contribution in [1.82, 2.24) is 0 Å². The van der Waals surface area contributed by atoms with Crippen molar-refractivity contribution in [3.63, 3.8) is 0 Å². The van der Waals surface area contributed by atoms with Crippen LogP contribution >= 0.6 is 0 Å². The zero-order chi connectivity index (χ0) is 12.5. The number of ether oxygens (including phenoxy) is 1. The van der Waals surface area contributed by atoms with Crippen LogP contribution in [0.25, 0.3) is 0 Å². The maximum atomic E-state index is 14.7. The van der Waals surface area contributed by atoms with Crippen molar-refractivity contribution in [2.45, 2.75) is 44.9 Å². The molecule has 17 heavy (non-hydrogen) atoms. The molecular weight excluding hydrogens is 219 g/mol. The van der Waals surface area contributed by atoms with E-state index < -0.39 is 11.6 Å². The first kappa shape index (κ1) is 12.1. The third-order valence-corrected chi connectivity index (χ3v) is 3.39. The van der Waals surface area contributed by atoms with Crippen LogP contribution in [0.2, 0.25) is 0 Å². The lowest BCUT2D eigenvalue weighted by molar-refractivity contribution is -0.163. The van der Waals surface area contributed by atoms with Crippen molar-refractivity contribution in [3.8, 4) is 0 Å². The number of hydrogen-bond acceptors (Lipinski definition) is 2. The molecule has 0 amide bonds. The molecule has 0 heterocycles. The van der Waals surface area contributed by atoms with Crippen molar-refractivity contribution in [3.05, 3.63) is 35.4 Å². The fraction of sp³-hybridized carbons (Fsp3) is 0.500. The summed E-state index contributed by atoms with van der Waals surface area (Å²) in [5, 5.41) is 0. The van der Waals surface area contributed by atoms with Gasteiger partial charge in [0, 0.05) is 12.0 Å². The quantitative estimate of drug-likeness (QED) is 0.754. The van der Waals surface area contributed by atoms with Gasteiger partial charge in [0.05, 0.1) is 6.10 Å². The molecule has 92 valence electrons. The Labute approximate surface area is 101 Å². The summed E-state index contributed by atoms with van der Waals surface area (Å²) in [4.78, 5) is 11.9. The van der Waals surface area contributed by atoms with Gasteiger partial charge in [-0.1, -0.05) is 31.2 Å². The lowest BCUT2D eigenvalue weighted by Crippen LogP contribution is -2.33. The van der Waals surface area contributed by atoms with E-state index in [1.165, 1.54) is 0 Å². The molecule has 0 bridgehead atoms. The van der Waals surface area contributed by atoms with Crippen LogP contribution in [-0.4, -0.2) is 12.1 Å².